The number of tetrazole rings is 1. The van der Waals surface area contributed by atoms with Crippen LogP contribution in [-0.4, -0.2) is 39.1 Å². The number of halogens is 1. The van der Waals surface area contributed by atoms with Crippen LogP contribution in [0.4, 0.5) is 10.3 Å². The Morgan fingerprint density at radius 3 is 2.39 bits per heavy atom. The van der Waals surface area contributed by atoms with Crippen molar-refractivity contribution in [1.82, 2.24) is 20.2 Å². The van der Waals surface area contributed by atoms with Gasteiger partial charge in [-0.15, -0.1) is 0 Å². The number of methoxy groups -OCH3 is 1. The molecule has 8 nitrogen and oxygen atoms in total. The second kappa shape index (κ2) is 8.10. The molecule has 0 aliphatic carbocycles. The van der Waals surface area contributed by atoms with Gasteiger partial charge in [0.2, 0.25) is 5.95 Å². The number of carbonyl (C=O) groups is 2. The second-order valence-corrected chi connectivity index (χ2v) is 7.41. The predicted molar refractivity (Wildman–Crippen MR) is 110 cm³/mol. The summed E-state index contributed by atoms with van der Waals surface area (Å²) in [5.41, 5.74) is 2.11. The van der Waals surface area contributed by atoms with Crippen LogP contribution >= 0.6 is 0 Å². The summed E-state index contributed by atoms with van der Waals surface area (Å²) in [6.07, 6.45) is 0. The number of Topliss-reactive ketones (excluding diaryl/α,β-unsaturated/α-hetero) is 1. The highest BCUT2D eigenvalue weighted by Crippen LogP contribution is 2.37. The molecule has 0 unspecified atom stereocenters. The van der Waals surface area contributed by atoms with Crippen molar-refractivity contribution in [3.05, 3.63) is 82.3 Å². The van der Waals surface area contributed by atoms with Gasteiger partial charge in [0.1, 0.15) is 17.6 Å². The summed E-state index contributed by atoms with van der Waals surface area (Å²) in [7, 11) is 1.22. The molecule has 0 radical (unpaired) electrons. The Hall–Kier alpha value is -3.88. The molecule has 158 valence electrons. The van der Waals surface area contributed by atoms with Gasteiger partial charge in [-0.2, -0.15) is 4.68 Å². The molecule has 9 heteroatoms. The molecule has 0 saturated carbocycles. The van der Waals surface area contributed by atoms with E-state index in [9.17, 15) is 14.0 Å². The first-order chi connectivity index (χ1) is 14.9. The van der Waals surface area contributed by atoms with E-state index < -0.39 is 23.6 Å². The van der Waals surface area contributed by atoms with Crippen LogP contribution in [0.5, 0.6) is 0 Å². The zero-order chi connectivity index (χ0) is 22.1. The molecule has 0 bridgehead atoms. The molecule has 0 amide bonds. The SMILES string of the molecule is COC(=O)C1=C(C(=O)c2ccc(F)cc2)[C@@H](c2ccc(C(C)C)cc2)n2nnnc2N1. The van der Waals surface area contributed by atoms with Crippen molar-refractivity contribution in [2.75, 3.05) is 12.4 Å². The van der Waals surface area contributed by atoms with Crippen LogP contribution < -0.4 is 5.32 Å². The van der Waals surface area contributed by atoms with Crippen LogP contribution in [0.15, 0.2) is 59.8 Å². The number of aromatic nitrogens is 4. The van der Waals surface area contributed by atoms with Crippen molar-refractivity contribution >= 4 is 17.7 Å². The van der Waals surface area contributed by atoms with Crippen molar-refractivity contribution in [1.29, 1.82) is 0 Å². The number of rotatable bonds is 5. The smallest absolute Gasteiger partial charge is 0.355 e. The van der Waals surface area contributed by atoms with Gasteiger partial charge in [0.25, 0.3) is 0 Å². The minimum atomic E-state index is -0.779. The summed E-state index contributed by atoms with van der Waals surface area (Å²) in [6, 6.07) is 12.0. The number of ketones is 1. The van der Waals surface area contributed by atoms with Gasteiger partial charge in [-0.05, 0) is 51.7 Å². The number of anilines is 1. The van der Waals surface area contributed by atoms with E-state index in [2.05, 4.69) is 34.7 Å². The Morgan fingerprint density at radius 2 is 1.77 bits per heavy atom. The molecule has 2 aromatic carbocycles. The monoisotopic (exact) mass is 421 g/mol. The quantitative estimate of drug-likeness (QED) is 0.499. The van der Waals surface area contributed by atoms with Crippen molar-refractivity contribution in [3.63, 3.8) is 0 Å². The molecule has 0 spiro atoms. The third kappa shape index (κ3) is 3.70. The van der Waals surface area contributed by atoms with Crippen molar-refractivity contribution < 1.29 is 18.7 Å². The van der Waals surface area contributed by atoms with E-state index in [1.807, 2.05) is 24.3 Å². The van der Waals surface area contributed by atoms with Crippen LogP contribution in [0, 0.1) is 5.82 Å². The number of nitrogens with one attached hydrogen (secondary N) is 1. The Bertz CT molecular complexity index is 1170. The van der Waals surface area contributed by atoms with Gasteiger partial charge < -0.3 is 10.1 Å². The molecule has 0 fully saturated rings. The molecular formula is C22H20FN5O3. The Morgan fingerprint density at radius 1 is 1.10 bits per heavy atom. The lowest BCUT2D eigenvalue weighted by Crippen LogP contribution is -2.33. The summed E-state index contributed by atoms with van der Waals surface area (Å²) in [5.74, 6) is -1.14. The average molecular weight is 421 g/mol. The van der Waals surface area contributed by atoms with E-state index in [4.69, 9.17) is 4.74 Å². The lowest BCUT2D eigenvalue weighted by Gasteiger charge is -2.28. The average Bonchev–Trinajstić information content (AvgIpc) is 3.25. The fourth-order valence-electron chi connectivity index (χ4n) is 3.52. The summed E-state index contributed by atoms with van der Waals surface area (Å²) in [5, 5.41) is 14.4. The van der Waals surface area contributed by atoms with E-state index in [0.29, 0.717) is 11.5 Å². The van der Waals surface area contributed by atoms with Crippen LogP contribution in [0.1, 0.15) is 47.3 Å². The van der Waals surface area contributed by atoms with E-state index in [0.717, 1.165) is 5.56 Å². The number of allylic oxidation sites excluding steroid dienone is 1. The first-order valence-electron chi connectivity index (χ1n) is 9.68. The van der Waals surface area contributed by atoms with Gasteiger partial charge in [0.05, 0.1) is 12.7 Å². The van der Waals surface area contributed by atoms with Gasteiger partial charge in [-0.1, -0.05) is 43.2 Å². The molecule has 1 aromatic heterocycles. The maximum absolute atomic E-state index is 13.5. The highest BCUT2D eigenvalue weighted by Gasteiger charge is 2.38. The topological polar surface area (TPSA) is 99.0 Å². The number of esters is 1. The minimum absolute atomic E-state index is 0.0583. The molecule has 1 aliphatic rings. The van der Waals surface area contributed by atoms with E-state index in [-0.39, 0.29) is 22.8 Å². The highest BCUT2D eigenvalue weighted by molar-refractivity contribution is 6.14. The normalized spacial score (nSPS) is 15.5. The van der Waals surface area contributed by atoms with Gasteiger partial charge in [-0.25, -0.2) is 9.18 Å². The van der Waals surface area contributed by atoms with Gasteiger partial charge in [0, 0.05) is 5.56 Å². The van der Waals surface area contributed by atoms with Gasteiger partial charge >= 0.3 is 5.97 Å². The number of ether oxygens (including phenoxy) is 1. The molecule has 0 saturated heterocycles. The first-order valence-corrected chi connectivity index (χ1v) is 9.68. The molecule has 2 heterocycles. The molecule has 1 N–H and O–H groups in total. The lowest BCUT2D eigenvalue weighted by molar-refractivity contribution is -0.136. The number of benzene rings is 2. The van der Waals surface area contributed by atoms with Crippen LogP contribution in [-0.2, 0) is 9.53 Å². The van der Waals surface area contributed by atoms with Crippen molar-refractivity contribution in [3.8, 4) is 0 Å². The summed E-state index contributed by atoms with van der Waals surface area (Å²) in [6.45, 7) is 4.16. The maximum atomic E-state index is 13.5. The lowest BCUT2D eigenvalue weighted by atomic mass is 9.88. The molecule has 1 aliphatic heterocycles. The Labute approximate surface area is 177 Å². The Kier molecular flexibility index (Phi) is 5.33. The number of hydrogen-bond acceptors (Lipinski definition) is 7. The van der Waals surface area contributed by atoms with Crippen molar-refractivity contribution in [2.45, 2.75) is 25.8 Å². The van der Waals surface area contributed by atoms with Gasteiger partial charge in [-0.3, -0.25) is 4.79 Å². The fourth-order valence-corrected chi connectivity index (χ4v) is 3.52. The zero-order valence-corrected chi connectivity index (χ0v) is 17.2. The van der Waals surface area contributed by atoms with Crippen LogP contribution in [0.3, 0.4) is 0 Å². The van der Waals surface area contributed by atoms with Crippen LogP contribution in [0.2, 0.25) is 0 Å². The first kappa shape index (κ1) is 20.4. The zero-order valence-electron chi connectivity index (χ0n) is 17.2. The largest absolute Gasteiger partial charge is 0.464 e. The summed E-state index contributed by atoms with van der Waals surface area (Å²) >= 11 is 0. The molecule has 31 heavy (non-hydrogen) atoms. The van der Waals surface area contributed by atoms with Crippen LogP contribution in [0.25, 0.3) is 0 Å². The van der Waals surface area contributed by atoms with E-state index in [1.165, 1.54) is 36.1 Å². The number of hydrogen-bond donors (Lipinski definition) is 1. The molecule has 1 atom stereocenters. The third-order valence-corrected chi connectivity index (χ3v) is 5.18. The standard InChI is InChI=1S/C22H20FN5O3/c1-12(2)13-4-6-14(7-5-13)19-17(20(29)15-8-10-16(23)11-9-15)18(21(30)31-3)24-22-25-26-27-28(19)22/h4-12,19H,1-3H3,(H,24,25,27)/t19-/m1/s1. The van der Waals surface area contributed by atoms with E-state index >= 15 is 0 Å². The summed E-state index contributed by atoms with van der Waals surface area (Å²) < 4.78 is 19.8. The number of carbonyl (C=O) groups excluding carboxylic acids is 2. The Balaban J connectivity index is 1.91. The maximum Gasteiger partial charge on any atom is 0.355 e. The summed E-state index contributed by atoms with van der Waals surface area (Å²) in [4.78, 5) is 26.1. The third-order valence-electron chi connectivity index (χ3n) is 5.18. The fraction of sp³-hybridized carbons (Fsp3) is 0.227. The molecule has 4 rings (SSSR count). The van der Waals surface area contributed by atoms with Crippen molar-refractivity contribution in [2.24, 2.45) is 0 Å². The number of fused-ring (bicyclic) bond motifs is 1. The molecular weight excluding hydrogens is 401 g/mol. The second-order valence-electron chi connectivity index (χ2n) is 7.41. The van der Waals surface area contributed by atoms with Gasteiger partial charge in [0.15, 0.2) is 5.78 Å². The van der Waals surface area contributed by atoms with E-state index in [1.54, 1.807) is 0 Å². The highest BCUT2D eigenvalue weighted by atomic mass is 19.1. The number of nitrogens with zero attached hydrogens (tertiary/aromatic N) is 4. The predicted octanol–water partition coefficient (Wildman–Crippen LogP) is 3.26. The molecule has 3 aromatic rings. The minimum Gasteiger partial charge on any atom is -0.464 e.